The van der Waals surface area contributed by atoms with Crippen molar-refractivity contribution in [3.05, 3.63) is 0 Å². The van der Waals surface area contributed by atoms with Crippen molar-refractivity contribution in [1.82, 2.24) is 0 Å². The van der Waals surface area contributed by atoms with Crippen molar-refractivity contribution in [1.29, 1.82) is 0 Å². The predicted octanol–water partition coefficient (Wildman–Crippen LogP) is -5.80. The molecule has 2 N–H and O–H groups in total. The Morgan fingerprint density at radius 3 is 0.526 bits per heavy atom. The molecular weight excluding hydrogens is 358 g/mol. The maximum Gasteiger partial charge on any atom is 2.00 e. The second-order valence-electron chi connectivity index (χ2n) is 1.97. The van der Waals surface area contributed by atoms with Crippen molar-refractivity contribution in [2.45, 2.75) is 27.7 Å². The van der Waals surface area contributed by atoms with E-state index in [1.54, 1.807) is 0 Å². The van der Waals surface area contributed by atoms with Gasteiger partial charge in [0.2, 0.25) is 0 Å². The molecule has 11 heteroatoms. The van der Waals surface area contributed by atoms with Crippen LogP contribution in [0, 0.1) is 0 Å². The molecule has 0 amide bonds. The summed E-state index contributed by atoms with van der Waals surface area (Å²) < 4.78 is 0. The van der Waals surface area contributed by atoms with Crippen molar-refractivity contribution in [3.8, 4) is 0 Å². The van der Waals surface area contributed by atoms with Gasteiger partial charge in [-0.05, 0) is 27.7 Å². The van der Waals surface area contributed by atoms with Crippen LogP contribution in [0.4, 0.5) is 0 Å². The number of carboxylic acids is 4. The van der Waals surface area contributed by atoms with E-state index < -0.39 is 23.9 Å². The van der Waals surface area contributed by atoms with Crippen LogP contribution < -0.4 is 20.4 Å². The summed E-state index contributed by atoms with van der Waals surface area (Å²) in [5, 5.41) is 35.6. The van der Waals surface area contributed by atoms with Gasteiger partial charge >= 0.3 is 33.6 Å². The minimum Gasteiger partial charge on any atom is -0.550 e. The minimum atomic E-state index is -1.08. The smallest absolute Gasteiger partial charge is 0.550 e. The molecule has 0 saturated heterocycles. The topological polar surface area (TPSA) is 192 Å². The molecule has 0 heterocycles. The summed E-state index contributed by atoms with van der Waals surface area (Å²) in [5.74, 6) is -4.33. The maximum atomic E-state index is 8.89. The van der Waals surface area contributed by atoms with E-state index in [-0.39, 0.29) is 39.0 Å². The fraction of sp³-hybridized carbons (Fsp3) is 0.500. The van der Waals surface area contributed by atoms with Crippen LogP contribution in [0.25, 0.3) is 0 Å². The average molecular weight is 372 g/mol. The molecule has 0 atom stereocenters. The summed E-state index contributed by atoms with van der Waals surface area (Å²) in [4.78, 5) is 35.6. The Morgan fingerprint density at radius 1 is 0.526 bits per heavy atom. The van der Waals surface area contributed by atoms with Crippen LogP contribution in [0.3, 0.4) is 0 Å². The van der Waals surface area contributed by atoms with Gasteiger partial charge in [0.15, 0.2) is 0 Å². The van der Waals surface area contributed by atoms with Crippen molar-refractivity contribution < 1.29 is 78.6 Å². The van der Waals surface area contributed by atoms with Crippen molar-refractivity contribution >= 4 is 23.9 Å². The molecule has 0 aliphatic rings. The molecule has 0 fully saturated rings. The predicted molar refractivity (Wildman–Crippen MR) is 46.3 cm³/mol. The first-order valence-electron chi connectivity index (χ1n) is 3.63. The Balaban J connectivity index is -0.0000000192. The van der Waals surface area contributed by atoms with Gasteiger partial charge in [0.1, 0.15) is 0 Å². The normalized spacial score (nSPS) is 5.26. The zero-order valence-corrected chi connectivity index (χ0v) is 12.5. The molecule has 19 heavy (non-hydrogen) atoms. The molecule has 0 rings (SSSR count). The van der Waals surface area contributed by atoms with Crippen LogP contribution in [-0.2, 0) is 52.7 Å². The van der Waals surface area contributed by atoms with E-state index in [1.807, 2.05) is 0 Å². The third-order valence-corrected chi connectivity index (χ3v) is 0. The van der Waals surface area contributed by atoms with Gasteiger partial charge in [-0.2, -0.15) is 0 Å². The standard InChI is InChI=1S/4C2H4O2.2Co.H2O/c4*1-2(3)4;;;/h4*1H3,(H,3,4);;;1H2/q;;;;2*+2;/p-4. The zero-order chi connectivity index (χ0) is 14.3. The Labute approximate surface area is 130 Å². The molecule has 0 aliphatic heterocycles. The van der Waals surface area contributed by atoms with Crippen molar-refractivity contribution in [3.63, 3.8) is 0 Å². The summed E-state index contributed by atoms with van der Waals surface area (Å²) in [6.45, 7) is 3.89. The van der Waals surface area contributed by atoms with E-state index in [1.165, 1.54) is 0 Å². The van der Waals surface area contributed by atoms with Crippen LogP contribution in [-0.4, -0.2) is 29.4 Å². The summed E-state index contributed by atoms with van der Waals surface area (Å²) in [6, 6.07) is 0. The number of hydrogen-bond donors (Lipinski definition) is 0. The van der Waals surface area contributed by atoms with Crippen LogP contribution in [0.1, 0.15) is 27.7 Å². The van der Waals surface area contributed by atoms with Crippen molar-refractivity contribution in [2.24, 2.45) is 0 Å². The van der Waals surface area contributed by atoms with E-state index in [2.05, 4.69) is 0 Å². The molecule has 118 valence electrons. The van der Waals surface area contributed by atoms with E-state index >= 15 is 0 Å². The fourth-order valence-electron chi connectivity index (χ4n) is 0. The summed E-state index contributed by atoms with van der Waals surface area (Å²) >= 11 is 0. The molecule has 0 aliphatic carbocycles. The summed E-state index contributed by atoms with van der Waals surface area (Å²) in [5.41, 5.74) is 0. The van der Waals surface area contributed by atoms with Crippen LogP contribution in [0.2, 0.25) is 0 Å². The average Bonchev–Trinajstić information content (AvgIpc) is 1.76. The van der Waals surface area contributed by atoms with Gasteiger partial charge in [0.05, 0.1) is 0 Å². The fourth-order valence-corrected chi connectivity index (χ4v) is 0. The van der Waals surface area contributed by atoms with Gasteiger partial charge in [-0.3, -0.25) is 0 Å². The Kier molecular flexibility index (Phi) is 81.5. The Morgan fingerprint density at radius 2 is 0.526 bits per heavy atom. The third-order valence-electron chi connectivity index (χ3n) is 0. The van der Waals surface area contributed by atoms with Gasteiger partial charge in [-0.1, -0.05) is 0 Å². The number of carbonyl (C=O) groups excluding carboxylic acids is 4. The number of aliphatic carboxylic acids is 4. The number of carboxylic acid groups (broad SMARTS) is 4. The van der Waals surface area contributed by atoms with E-state index in [0.29, 0.717) is 0 Å². The molecule has 0 saturated carbocycles. The van der Waals surface area contributed by atoms with E-state index in [4.69, 9.17) is 39.6 Å². The van der Waals surface area contributed by atoms with Crippen LogP contribution in [0.5, 0.6) is 0 Å². The number of hydrogen-bond acceptors (Lipinski definition) is 8. The van der Waals surface area contributed by atoms with Crippen molar-refractivity contribution in [2.75, 3.05) is 0 Å². The number of carbonyl (C=O) groups is 4. The van der Waals surface area contributed by atoms with Gasteiger partial charge < -0.3 is 45.1 Å². The summed E-state index contributed by atoms with van der Waals surface area (Å²) in [6.07, 6.45) is 0. The largest absolute Gasteiger partial charge is 2.00 e. The summed E-state index contributed by atoms with van der Waals surface area (Å²) in [7, 11) is 0. The molecule has 2 radical (unpaired) electrons. The van der Waals surface area contributed by atoms with Gasteiger partial charge in [0.25, 0.3) is 0 Å². The SMILES string of the molecule is CC(=O)[O-].CC(=O)[O-].CC(=O)[O-].CC(=O)[O-].O.[Co+2].[Co+2]. The first-order chi connectivity index (χ1) is 6.93. The van der Waals surface area contributed by atoms with Gasteiger partial charge in [-0.25, -0.2) is 0 Å². The minimum absolute atomic E-state index is 0. The molecule has 9 nitrogen and oxygen atoms in total. The number of rotatable bonds is 0. The second kappa shape index (κ2) is 36.0. The van der Waals surface area contributed by atoms with Crippen LogP contribution in [0.15, 0.2) is 0 Å². The quantitative estimate of drug-likeness (QED) is 0.401. The molecule has 0 aromatic heterocycles. The molecule has 0 spiro atoms. The van der Waals surface area contributed by atoms with Gasteiger partial charge in [-0.15, -0.1) is 0 Å². The zero-order valence-electron chi connectivity index (χ0n) is 10.4. The van der Waals surface area contributed by atoms with Gasteiger partial charge in [0, 0.05) is 23.9 Å². The second-order valence-corrected chi connectivity index (χ2v) is 1.97. The molecule has 0 unspecified atom stereocenters. The van der Waals surface area contributed by atoms with Crippen LogP contribution >= 0.6 is 0 Å². The molecule has 0 aromatic rings. The first kappa shape index (κ1) is 43.0. The first-order valence-corrected chi connectivity index (χ1v) is 3.63. The molecule has 0 bridgehead atoms. The Hall–Kier alpha value is -1.15. The van der Waals surface area contributed by atoms with E-state index in [9.17, 15) is 0 Å². The molecule has 0 aromatic carbocycles. The molecular formula is C8H14Co2O9. The third kappa shape index (κ3) is 2830. The van der Waals surface area contributed by atoms with E-state index in [0.717, 1.165) is 27.7 Å². The Bertz CT molecular complexity index is 166. The monoisotopic (exact) mass is 372 g/mol. The maximum absolute atomic E-state index is 8.89.